The summed E-state index contributed by atoms with van der Waals surface area (Å²) in [5.41, 5.74) is 7.09. The molecule has 2 aromatic rings. The highest BCUT2D eigenvalue weighted by Crippen LogP contribution is 2.22. The molecule has 0 bridgehead atoms. The lowest BCUT2D eigenvalue weighted by Gasteiger charge is -2.01. The molecule has 0 aliphatic heterocycles. The molecule has 3 N–H and O–H groups in total. The zero-order chi connectivity index (χ0) is 10.8. The van der Waals surface area contributed by atoms with Crippen molar-refractivity contribution in [2.45, 2.75) is 13.0 Å². The molecule has 2 rings (SSSR count). The first kappa shape index (κ1) is 9.73. The van der Waals surface area contributed by atoms with Gasteiger partial charge in [-0.05, 0) is 19.1 Å². The van der Waals surface area contributed by atoms with E-state index in [1.807, 2.05) is 30.3 Å². The minimum absolute atomic E-state index is 0.133. The highest BCUT2D eigenvalue weighted by atomic mass is 16.3. The number of hydrogen-bond donors (Lipinski definition) is 2. The molecule has 1 unspecified atom stereocenters. The summed E-state index contributed by atoms with van der Waals surface area (Å²) >= 11 is 0. The van der Waals surface area contributed by atoms with Crippen LogP contribution in [-0.4, -0.2) is 14.9 Å². The zero-order valence-electron chi connectivity index (χ0n) is 8.46. The molecule has 1 aromatic carbocycles. The summed E-state index contributed by atoms with van der Waals surface area (Å²) in [6.07, 6.45) is 1.56. The third-order valence-corrected chi connectivity index (χ3v) is 2.17. The first-order chi connectivity index (χ1) is 7.18. The molecule has 0 aliphatic rings. The van der Waals surface area contributed by atoms with Gasteiger partial charge in [0.05, 0.1) is 11.9 Å². The van der Waals surface area contributed by atoms with E-state index in [0.29, 0.717) is 5.69 Å². The molecule has 0 aliphatic carbocycles. The van der Waals surface area contributed by atoms with Crippen molar-refractivity contribution in [1.29, 1.82) is 0 Å². The lowest BCUT2D eigenvalue weighted by Crippen LogP contribution is -2.07. The summed E-state index contributed by atoms with van der Waals surface area (Å²) in [6.45, 7) is 1.79. The molecule has 1 atom stereocenters. The van der Waals surface area contributed by atoms with Gasteiger partial charge in [0.15, 0.2) is 5.75 Å². The van der Waals surface area contributed by atoms with Crippen LogP contribution in [0.25, 0.3) is 5.69 Å². The van der Waals surface area contributed by atoms with Crippen molar-refractivity contribution in [3.8, 4) is 11.4 Å². The van der Waals surface area contributed by atoms with E-state index in [4.69, 9.17) is 5.73 Å². The molecule has 78 valence electrons. The van der Waals surface area contributed by atoms with Crippen molar-refractivity contribution >= 4 is 0 Å². The van der Waals surface area contributed by atoms with Gasteiger partial charge in [-0.3, -0.25) is 0 Å². The van der Waals surface area contributed by atoms with E-state index in [1.54, 1.807) is 17.8 Å². The average Bonchev–Trinajstić information content (AvgIpc) is 2.62. The van der Waals surface area contributed by atoms with Crippen LogP contribution in [0.15, 0.2) is 36.5 Å². The number of aromatic hydroxyl groups is 1. The Morgan fingerprint density at radius 3 is 2.53 bits per heavy atom. The number of benzene rings is 1. The Kier molecular flexibility index (Phi) is 2.43. The number of rotatable bonds is 2. The Bertz CT molecular complexity index is 448. The summed E-state index contributed by atoms with van der Waals surface area (Å²) in [5.74, 6) is 0.133. The van der Waals surface area contributed by atoms with Gasteiger partial charge in [-0.1, -0.05) is 18.2 Å². The minimum Gasteiger partial charge on any atom is -0.504 e. The van der Waals surface area contributed by atoms with Gasteiger partial charge in [-0.15, -0.1) is 0 Å². The van der Waals surface area contributed by atoms with E-state index in [9.17, 15) is 5.11 Å². The maximum atomic E-state index is 9.60. The number of hydrogen-bond acceptors (Lipinski definition) is 3. The lowest BCUT2D eigenvalue weighted by molar-refractivity contribution is 0.463. The van der Waals surface area contributed by atoms with Gasteiger partial charge in [0.2, 0.25) is 0 Å². The maximum absolute atomic E-state index is 9.60. The van der Waals surface area contributed by atoms with Gasteiger partial charge in [0, 0.05) is 6.04 Å². The van der Waals surface area contributed by atoms with Crippen molar-refractivity contribution in [2.75, 3.05) is 0 Å². The van der Waals surface area contributed by atoms with Gasteiger partial charge in [0.1, 0.15) is 5.69 Å². The van der Waals surface area contributed by atoms with Crippen molar-refractivity contribution in [2.24, 2.45) is 5.73 Å². The highest BCUT2D eigenvalue weighted by molar-refractivity contribution is 5.35. The number of nitrogens with zero attached hydrogens (tertiary/aromatic N) is 2. The first-order valence-corrected chi connectivity index (χ1v) is 4.78. The molecule has 0 radical (unpaired) electrons. The summed E-state index contributed by atoms with van der Waals surface area (Å²) in [7, 11) is 0. The van der Waals surface area contributed by atoms with Gasteiger partial charge in [-0.2, -0.15) is 5.10 Å². The molecule has 1 aromatic heterocycles. The monoisotopic (exact) mass is 203 g/mol. The SMILES string of the molecule is CC(N)c1nn(-c2ccccc2)cc1O. The van der Waals surface area contributed by atoms with E-state index in [0.717, 1.165) is 5.69 Å². The number of para-hydroxylation sites is 1. The molecule has 0 fully saturated rings. The third kappa shape index (κ3) is 1.85. The molecular formula is C11H13N3O. The van der Waals surface area contributed by atoms with Crippen molar-refractivity contribution in [3.63, 3.8) is 0 Å². The zero-order valence-corrected chi connectivity index (χ0v) is 8.46. The molecular weight excluding hydrogens is 190 g/mol. The largest absolute Gasteiger partial charge is 0.504 e. The minimum atomic E-state index is -0.269. The fourth-order valence-corrected chi connectivity index (χ4v) is 1.42. The Balaban J connectivity index is 2.43. The fraction of sp³-hybridized carbons (Fsp3) is 0.182. The van der Waals surface area contributed by atoms with E-state index < -0.39 is 0 Å². The smallest absolute Gasteiger partial charge is 0.158 e. The predicted octanol–water partition coefficient (Wildman–Crippen LogP) is 1.60. The molecule has 4 heteroatoms. The van der Waals surface area contributed by atoms with Gasteiger partial charge >= 0.3 is 0 Å². The van der Waals surface area contributed by atoms with Crippen molar-refractivity contribution < 1.29 is 5.11 Å². The standard InChI is InChI=1S/C11H13N3O/c1-8(12)11-10(15)7-14(13-11)9-5-3-2-4-6-9/h2-8,15H,12H2,1H3. The van der Waals surface area contributed by atoms with Gasteiger partial charge in [0.25, 0.3) is 0 Å². The average molecular weight is 203 g/mol. The summed E-state index contributed by atoms with van der Waals surface area (Å²) in [5, 5.41) is 13.8. The molecule has 0 amide bonds. The summed E-state index contributed by atoms with van der Waals surface area (Å²) in [6, 6.07) is 9.32. The van der Waals surface area contributed by atoms with Crippen molar-refractivity contribution in [3.05, 3.63) is 42.2 Å². The molecule has 0 spiro atoms. The second-order valence-electron chi connectivity index (χ2n) is 3.47. The Morgan fingerprint density at radius 2 is 2.00 bits per heavy atom. The van der Waals surface area contributed by atoms with Crippen LogP contribution < -0.4 is 5.73 Å². The Hall–Kier alpha value is -1.81. The summed E-state index contributed by atoms with van der Waals surface area (Å²) in [4.78, 5) is 0. The number of aromatic nitrogens is 2. The first-order valence-electron chi connectivity index (χ1n) is 4.78. The van der Waals surface area contributed by atoms with Gasteiger partial charge in [-0.25, -0.2) is 4.68 Å². The quantitative estimate of drug-likeness (QED) is 0.779. The van der Waals surface area contributed by atoms with Crippen LogP contribution in [0, 0.1) is 0 Å². The fourth-order valence-electron chi connectivity index (χ4n) is 1.42. The molecule has 4 nitrogen and oxygen atoms in total. The van der Waals surface area contributed by atoms with Crippen LogP contribution in [0.3, 0.4) is 0 Å². The topological polar surface area (TPSA) is 64.1 Å². The van der Waals surface area contributed by atoms with Gasteiger partial charge < -0.3 is 10.8 Å². The van der Waals surface area contributed by atoms with Crippen LogP contribution in [0.5, 0.6) is 5.75 Å². The molecule has 1 heterocycles. The number of nitrogens with two attached hydrogens (primary N) is 1. The molecule has 15 heavy (non-hydrogen) atoms. The van der Waals surface area contributed by atoms with Crippen molar-refractivity contribution in [1.82, 2.24) is 9.78 Å². The van der Waals surface area contributed by atoms with Crippen LogP contribution in [-0.2, 0) is 0 Å². The third-order valence-electron chi connectivity index (χ3n) is 2.17. The second-order valence-corrected chi connectivity index (χ2v) is 3.47. The second kappa shape index (κ2) is 3.74. The molecule has 0 saturated heterocycles. The van der Waals surface area contributed by atoms with E-state index >= 15 is 0 Å². The van der Waals surface area contributed by atoms with Crippen LogP contribution in [0.4, 0.5) is 0 Å². The van der Waals surface area contributed by atoms with E-state index in [1.165, 1.54) is 0 Å². The maximum Gasteiger partial charge on any atom is 0.158 e. The van der Waals surface area contributed by atoms with Crippen LogP contribution >= 0.6 is 0 Å². The lowest BCUT2D eigenvalue weighted by atomic mass is 10.2. The molecule has 0 saturated carbocycles. The van der Waals surface area contributed by atoms with E-state index in [-0.39, 0.29) is 11.8 Å². The Morgan fingerprint density at radius 1 is 1.33 bits per heavy atom. The van der Waals surface area contributed by atoms with Crippen LogP contribution in [0.2, 0.25) is 0 Å². The summed E-state index contributed by atoms with van der Waals surface area (Å²) < 4.78 is 1.62. The predicted molar refractivity (Wildman–Crippen MR) is 57.8 cm³/mol. The normalized spacial score (nSPS) is 12.7. The highest BCUT2D eigenvalue weighted by Gasteiger charge is 2.11. The van der Waals surface area contributed by atoms with Crippen LogP contribution in [0.1, 0.15) is 18.7 Å². The van der Waals surface area contributed by atoms with E-state index in [2.05, 4.69) is 5.10 Å². The Labute approximate surface area is 88.0 Å².